The smallest absolute Gasteiger partial charge is 0.269 e. The number of non-ortho nitro benzene ring substituents is 1. The van der Waals surface area contributed by atoms with E-state index in [0.717, 1.165) is 5.56 Å². The summed E-state index contributed by atoms with van der Waals surface area (Å²) < 4.78 is 18.8. The van der Waals surface area contributed by atoms with Gasteiger partial charge in [-0.1, -0.05) is 23.7 Å². The van der Waals surface area contributed by atoms with E-state index in [1.54, 1.807) is 32.1 Å². The number of ether oxygens (including phenoxy) is 1. The third-order valence-electron chi connectivity index (χ3n) is 2.92. The predicted octanol–water partition coefficient (Wildman–Crippen LogP) is 1.61. The molecule has 4 nitrogen and oxygen atoms in total. The highest BCUT2D eigenvalue weighted by atomic mass is 19.1. The Morgan fingerprint density at radius 3 is 2.75 bits per heavy atom. The SMILES string of the molecule is Bc1ccc(OCCc2cccc([N+](=O)[O-])c2)cc1F. The lowest BCUT2D eigenvalue weighted by atomic mass is 9.96. The van der Waals surface area contributed by atoms with Crippen molar-refractivity contribution in [2.75, 3.05) is 6.61 Å². The van der Waals surface area contributed by atoms with E-state index >= 15 is 0 Å². The third-order valence-corrected chi connectivity index (χ3v) is 2.92. The van der Waals surface area contributed by atoms with Gasteiger partial charge in [0.1, 0.15) is 19.4 Å². The highest BCUT2D eigenvalue weighted by Gasteiger charge is 2.06. The molecule has 2 rings (SSSR count). The molecule has 0 atom stereocenters. The fraction of sp³-hybridized carbons (Fsp3) is 0.143. The molecule has 0 N–H and O–H groups in total. The zero-order chi connectivity index (χ0) is 14.5. The second kappa shape index (κ2) is 6.19. The van der Waals surface area contributed by atoms with Crippen LogP contribution in [0.4, 0.5) is 10.1 Å². The molecule has 0 aliphatic heterocycles. The van der Waals surface area contributed by atoms with E-state index in [2.05, 4.69) is 0 Å². The summed E-state index contributed by atoms with van der Waals surface area (Å²) in [6.07, 6.45) is 0.525. The maximum Gasteiger partial charge on any atom is 0.269 e. The van der Waals surface area contributed by atoms with Gasteiger partial charge in [0.25, 0.3) is 5.69 Å². The Balaban J connectivity index is 1.94. The van der Waals surface area contributed by atoms with Crippen molar-refractivity contribution in [3.05, 3.63) is 64.0 Å². The standard InChI is InChI=1S/C14H13BFNO3/c15-13-5-4-12(9-14(13)16)20-7-6-10-2-1-3-11(8-10)17(18)19/h1-5,8-9H,6-7,15H2. The van der Waals surface area contributed by atoms with E-state index in [0.29, 0.717) is 24.2 Å². The molecular weight excluding hydrogens is 260 g/mol. The van der Waals surface area contributed by atoms with Crippen molar-refractivity contribution in [1.29, 1.82) is 0 Å². The van der Waals surface area contributed by atoms with E-state index < -0.39 is 4.92 Å². The molecule has 0 saturated carbocycles. The van der Waals surface area contributed by atoms with Crippen molar-refractivity contribution >= 4 is 19.0 Å². The molecule has 0 aromatic heterocycles. The van der Waals surface area contributed by atoms with Crippen LogP contribution in [0.25, 0.3) is 0 Å². The Hall–Kier alpha value is -2.37. The van der Waals surface area contributed by atoms with Crippen LogP contribution >= 0.6 is 0 Å². The van der Waals surface area contributed by atoms with Gasteiger partial charge in [-0.05, 0) is 11.6 Å². The third kappa shape index (κ3) is 3.57. The first-order chi connectivity index (χ1) is 9.56. The van der Waals surface area contributed by atoms with Gasteiger partial charge in [-0.15, -0.1) is 0 Å². The summed E-state index contributed by atoms with van der Waals surface area (Å²) in [5.74, 6) is 0.149. The van der Waals surface area contributed by atoms with E-state index in [-0.39, 0.29) is 11.5 Å². The molecule has 0 aliphatic carbocycles. The zero-order valence-corrected chi connectivity index (χ0v) is 11.0. The molecule has 0 amide bonds. The Bertz CT molecular complexity index is 634. The van der Waals surface area contributed by atoms with Crippen LogP contribution in [-0.4, -0.2) is 19.4 Å². The summed E-state index contributed by atoms with van der Waals surface area (Å²) in [6.45, 7) is 0.337. The van der Waals surface area contributed by atoms with Crippen LogP contribution < -0.4 is 10.2 Å². The van der Waals surface area contributed by atoms with E-state index in [4.69, 9.17) is 4.74 Å². The topological polar surface area (TPSA) is 52.4 Å². The molecule has 0 aliphatic rings. The number of nitro benzene ring substituents is 1. The lowest BCUT2D eigenvalue weighted by Crippen LogP contribution is -2.09. The minimum Gasteiger partial charge on any atom is -0.493 e. The molecule has 6 heteroatoms. The molecule has 2 aromatic carbocycles. The van der Waals surface area contributed by atoms with Crippen LogP contribution in [0.15, 0.2) is 42.5 Å². The molecule has 0 unspecified atom stereocenters. The molecule has 102 valence electrons. The predicted molar refractivity (Wildman–Crippen MR) is 76.9 cm³/mol. The highest BCUT2D eigenvalue weighted by Crippen LogP contribution is 2.15. The van der Waals surface area contributed by atoms with Crippen LogP contribution in [0, 0.1) is 15.9 Å². The van der Waals surface area contributed by atoms with Gasteiger partial charge in [0.05, 0.1) is 11.5 Å². The number of nitro groups is 1. The largest absolute Gasteiger partial charge is 0.493 e. The molecule has 0 saturated heterocycles. The van der Waals surface area contributed by atoms with Gasteiger partial charge >= 0.3 is 0 Å². The van der Waals surface area contributed by atoms with Gasteiger partial charge in [0.2, 0.25) is 0 Å². The van der Waals surface area contributed by atoms with Crippen molar-refractivity contribution in [2.45, 2.75) is 6.42 Å². The van der Waals surface area contributed by atoms with Crippen LogP contribution in [0.3, 0.4) is 0 Å². The molecule has 20 heavy (non-hydrogen) atoms. The van der Waals surface area contributed by atoms with E-state index in [1.807, 2.05) is 0 Å². The van der Waals surface area contributed by atoms with Crippen molar-refractivity contribution in [2.24, 2.45) is 0 Å². The number of nitrogens with zero attached hydrogens (tertiary/aromatic N) is 1. The van der Waals surface area contributed by atoms with Crippen LogP contribution in [0.2, 0.25) is 0 Å². The van der Waals surface area contributed by atoms with Crippen molar-refractivity contribution < 1.29 is 14.1 Å². The summed E-state index contributed by atoms with van der Waals surface area (Å²) in [4.78, 5) is 10.2. The number of halogens is 1. The Kier molecular flexibility index (Phi) is 4.35. The second-order valence-corrected chi connectivity index (χ2v) is 4.44. The van der Waals surface area contributed by atoms with Crippen LogP contribution in [0.5, 0.6) is 5.75 Å². The van der Waals surface area contributed by atoms with Gasteiger partial charge < -0.3 is 4.74 Å². The number of benzene rings is 2. The average molecular weight is 273 g/mol. The monoisotopic (exact) mass is 273 g/mol. The van der Waals surface area contributed by atoms with Crippen molar-refractivity contribution in [1.82, 2.24) is 0 Å². The number of hydrogen-bond donors (Lipinski definition) is 0. The van der Waals surface area contributed by atoms with E-state index in [1.165, 1.54) is 18.2 Å². The van der Waals surface area contributed by atoms with Crippen molar-refractivity contribution in [3.8, 4) is 5.75 Å². The summed E-state index contributed by atoms with van der Waals surface area (Å²) in [7, 11) is 1.68. The molecule has 0 bridgehead atoms. The molecular formula is C14H13BFNO3. The Labute approximate surface area is 116 Å². The number of rotatable bonds is 5. The first-order valence-corrected chi connectivity index (χ1v) is 6.18. The van der Waals surface area contributed by atoms with Gasteiger partial charge in [0, 0.05) is 24.6 Å². The summed E-state index contributed by atoms with van der Waals surface area (Å²) in [5.41, 5.74) is 1.44. The minimum absolute atomic E-state index is 0.0591. The quantitative estimate of drug-likeness (QED) is 0.472. The molecule has 0 fully saturated rings. The summed E-state index contributed by atoms with van der Waals surface area (Å²) >= 11 is 0. The first-order valence-electron chi connectivity index (χ1n) is 6.18. The van der Waals surface area contributed by atoms with Gasteiger partial charge in [0.15, 0.2) is 0 Å². The summed E-state index contributed by atoms with van der Waals surface area (Å²) in [6, 6.07) is 11.1. The maximum atomic E-state index is 13.3. The van der Waals surface area contributed by atoms with Crippen LogP contribution in [0.1, 0.15) is 5.56 Å². The second-order valence-electron chi connectivity index (χ2n) is 4.44. The molecule has 0 radical (unpaired) electrons. The zero-order valence-electron chi connectivity index (χ0n) is 11.0. The van der Waals surface area contributed by atoms with Gasteiger partial charge in [-0.25, -0.2) is 4.39 Å². The highest BCUT2D eigenvalue weighted by molar-refractivity contribution is 6.32. The average Bonchev–Trinajstić information content (AvgIpc) is 2.43. The first kappa shape index (κ1) is 14.1. The summed E-state index contributed by atoms with van der Waals surface area (Å²) in [5, 5.41) is 10.7. The van der Waals surface area contributed by atoms with Crippen LogP contribution in [-0.2, 0) is 6.42 Å². The molecule has 2 aromatic rings. The Morgan fingerprint density at radius 1 is 1.25 bits per heavy atom. The van der Waals surface area contributed by atoms with Gasteiger partial charge in [-0.2, -0.15) is 0 Å². The fourth-order valence-electron chi connectivity index (χ4n) is 1.78. The lowest BCUT2D eigenvalue weighted by molar-refractivity contribution is -0.384. The van der Waals surface area contributed by atoms with Gasteiger partial charge in [-0.3, -0.25) is 10.1 Å². The minimum atomic E-state index is -0.431. The molecule has 0 heterocycles. The maximum absolute atomic E-state index is 13.3. The number of hydrogen-bond acceptors (Lipinski definition) is 3. The van der Waals surface area contributed by atoms with Crippen molar-refractivity contribution in [3.63, 3.8) is 0 Å². The Morgan fingerprint density at radius 2 is 2.05 bits per heavy atom. The van der Waals surface area contributed by atoms with E-state index in [9.17, 15) is 14.5 Å². The fourth-order valence-corrected chi connectivity index (χ4v) is 1.78. The lowest BCUT2D eigenvalue weighted by Gasteiger charge is -2.07. The molecule has 0 spiro atoms. The normalized spacial score (nSPS) is 10.2.